The molecule has 0 fully saturated rings. The first-order valence-electron chi connectivity index (χ1n) is 10.9. The summed E-state index contributed by atoms with van der Waals surface area (Å²) >= 11 is 5.94. The van der Waals surface area contributed by atoms with Crippen molar-refractivity contribution in [3.05, 3.63) is 80.7 Å². The average molecular weight is 493 g/mol. The number of carbonyl (C=O) groups excluding carboxylic acids is 1. The molecule has 1 aliphatic heterocycles. The molecule has 1 N–H and O–H groups in total. The number of nitrogens with zero attached hydrogens (tertiary/aromatic N) is 3. The van der Waals surface area contributed by atoms with Crippen LogP contribution in [0.25, 0.3) is 22.8 Å². The van der Waals surface area contributed by atoms with Crippen molar-refractivity contribution in [1.29, 1.82) is 0 Å². The molecule has 0 bridgehead atoms. The molecule has 0 saturated heterocycles. The number of nitrogens with one attached hydrogen (secondary N) is 1. The highest BCUT2D eigenvalue weighted by molar-refractivity contribution is 6.30. The maximum Gasteiger partial charge on any atom is 0.264 e. The van der Waals surface area contributed by atoms with Gasteiger partial charge in [0.15, 0.2) is 11.5 Å². The third-order valence-corrected chi connectivity index (χ3v) is 5.93. The van der Waals surface area contributed by atoms with Gasteiger partial charge in [0.2, 0.25) is 18.5 Å². The summed E-state index contributed by atoms with van der Waals surface area (Å²) in [6.07, 6.45) is 0. The van der Waals surface area contributed by atoms with Crippen LogP contribution in [0.3, 0.4) is 0 Å². The van der Waals surface area contributed by atoms with E-state index in [9.17, 15) is 9.59 Å². The second kappa shape index (κ2) is 9.27. The number of hydrogen-bond donors (Lipinski definition) is 1. The first-order chi connectivity index (χ1) is 16.9. The Morgan fingerprint density at radius 3 is 2.66 bits per heavy atom. The topological polar surface area (TPSA) is 108 Å². The van der Waals surface area contributed by atoms with E-state index in [1.54, 1.807) is 44.2 Å². The van der Waals surface area contributed by atoms with E-state index >= 15 is 0 Å². The molecule has 10 heteroatoms. The summed E-state index contributed by atoms with van der Waals surface area (Å²) in [7, 11) is 0. The summed E-state index contributed by atoms with van der Waals surface area (Å²) in [6.45, 7) is 3.89. The predicted molar refractivity (Wildman–Crippen MR) is 128 cm³/mol. The summed E-state index contributed by atoms with van der Waals surface area (Å²) in [5.41, 5.74) is 2.76. The van der Waals surface area contributed by atoms with Gasteiger partial charge in [0, 0.05) is 22.8 Å². The number of ether oxygens (including phenoxy) is 2. The molecule has 2 aromatic carbocycles. The van der Waals surface area contributed by atoms with Gasteiger partial charge in [-0.15, -0.1) is 0 Å². The highest BCUT2D eigenvalue weighted by atomic mass is 35.5. The molecule has 178 valence electrons. The first kappa shape index (κ1) is 22.7. The lowest BCUT2D eigenvalue weighted by Crippen LogP contribution is -2.34. The first-order valence-corrected chi connectivity index (χ1v) is 11.2. The van der Waals surface area contributed by atoms with E-state index in [0.717, 1.165) is 5.56 Å². The van der Waals surface area contributed by atoms with Crippen molar-refractivity contribution < 1.29 is 18.8 Å². The Morgan fingerprint density at radius 2 is 1.86 bits per heavy atom. The third-order valence-electron chi connectivity index (χ3n) is 5.68. The van der Waals surface area contributed by atoms with Crippen LogP contribution in [-0.4, -0.2) is 27.4 Å². The lowest BCUT2D eigenvalue weighted by molar-refractivity contribution is -0.121. The fourth-order valence-electron chi connectivity index (χ4n) is 3.88. The minimum Gasteiger partial charge on any atom is -0.454 e. The van der Waals surface area contributed by atoms with Crippen LogP contribution in [0.4, 0.5) is 0 Å². The van der Waals surface area contributed by atoms with E-state index < -0.39 is 0 Å². The number of pyridine rings is 1. The van der Waals surface area contributed by atoms with Gasteiger partial charge in [-0.3, -0.25) is 9.59 Å². The number of fused-ring (bicyclic) bond motifs is 1. The van der Waals surface area contributed by atoms with E-state index in [4.69, 9.17) is 25.6 Å². The zero-order valence-corrected chi connectivity index (χ0v) is 19.8. The van der Waals surface area contributed by atoms with Crippen LogP contribution in [0.15, 0.2) is 57.8 Å². The number of benzene rings is 2. The standard InChI is InChI=1S/C25H21ClN4O5/c1-14-9-15(2)30(12-21(31)27-11-16-3-8-19-20(10-16)34-13-33-19)25(32)22(14)24-28-23(29-35-24)17-4-6-18(26)7-5-17/h3-10H,11-13H2,1-2H3,(H,27,31). The summed E-state index contributed by atoms with van der Waals surface area (Å²) in [6, 6.07) is 14.3. The van der Waals surface area contributed by atoms with Crippen LogP contribution >= 0.6 is 11.6 Å². The van der Waals surface area contributed by atoms with E-state index in [1.165, 1.54) is 4.57 Å². The minimum absolute atomic E-state index is 0.0898. The van der Waals surface area contributed by atoms with Crippen LogP contribution in [-0.2, 0) is 17.9 Å². The number of aromatic nitrogens is 3. The van der Waals surface area contributed by atoms with Crippen molar-refractivity contribution in [2.75, 3.05) is 6.79 Å². The molecule has 1 aliphatic rings. The molecule has 0 unspecified atom stereocenters. The quantitative estimate of drug-likeness (QED) is 0.435. The molecule has 9 nitrogen and oxygen atoms in total. The number of hydrogen-bond acceptors (Lipinski definition) is 7. The van der Waals surface area contributed by atoms with Crippen LogP contribution in [0.2, 0.25) is 5.02 Å². The molecule has 3 heterocycles. The molecule has 0 aliphatic carbocycles. The molecule has 5 rings (SSSR count). The predicted octanol–water partition coefficient (Wildman–Crippen LogP) is 3.88. The molecule has 0 radical (unpaired) electrons. The Hall–Kier alpha value is -4.11. The van der Waals surface area contributed by atoms with Gasteiger partial charge in [-0.25, -0.2) is 0 Å². The van der Waals surface area contributed by atoms with Crippen molar-refractivity contribution in [2.24, 2.45) is 0 Å². The largest absolute Gasteiger partial charge is 0.454 e. The Bertz CT molecular complexity index is 1480. The van der Waals surface area contributed by atoms with Crippen LogP contribution in [0, 0.1) is 13.8 Å². The monoisotopic (exact) mass is 492 g/mol. The van der Waals surface area contributed by atoms with Gasteiger partial charge >= 0.3 is 0 Å². The molecule has 35 heavy (non-hydrogen) atoms. The summed E-state index contributed by atoms with van der Waals surface area (Å²) in [5, 5.41) is 7.43. The van der Waals surface area contributed by atoms with Gasteiger partial charge in [-0.05, 0) is 67.4 Å². The van der Waals surface area contributed by atoms with Crippen molar-refractivity contribution in [1.82, 2.24) is 20.0 Å². The maximum absolute atomic E-state index is 13.3. The van der Waals surface area contributed by atoms with Gasteiger partial charge in [0.05, 0.1) is 0 Å². The van der Waals surface area contributed by atoms with Crippen molar-refractivity contribution in [3.63, 3.8) is 0 Å². The average Bonchev–Trinajstić information content (AvgIpc) is 3.50. The molecule has 2 aromatic heterocycles. The summed E-state index contributed by atoms with van der Waals surface area (Å²) in [5.74, 6) is 1.44. The lowest BCUT2D eigenvalue weighted by atomic mass is 10.1. The van der Waals surface area contributed by atoms with Crippen molar-refractivity contribution in [2.45, 2.75) is 26.9 Å². The van der Waals surface area contributed by atoms with Gasteiger partial charge in [-0.1, -0.05) is 22.8 Å². The smallest absolute Gasteiger partial charge is 0.264 e. The Kier molecular flexibility index (Phi) is 6.00. The Labute approximate surface area is 205 Å². The number of halogens is 1. The van der Waals surface area contributed by atoms with Crippen molar-refractivity contribution >= 4 is 17.5 Å². The second-order valence-electron chi connectivity index (χ2n) is 8.13. The number of amides is 1. The van der Waals surface area contributed by atoms with Crippen molar-refractivity contribution in [3.8, 4) is 34.3 Å². The number of aryl methyl sites for hydroxylation is 2. The van der Waals surface area contributed by atoms with E-state index in [2.05, 4.69) is 15.5 Å². The molecule has 0 spiro atoms. The Morgan fingerprint density at radius 1 is 1.09 bits per heavy atom. The van der Waals surface area contributed by atoms with Gasteiger partial charge < -0.3 is 23.9 Å². The summed E-state index contributed by atoms with van der Waals surface area (Å²) in [4.78, 5) is 30.4. The molecular formula is C25H21ClN4O5. The number of carbonyl (C=O) groups is 1. The normalized spacial score (nSPS) is 12.1. The van der Waals surface area contributed by atoms with E-state index in [-0.39, 0.29) is 42.8 Å². The third kappa shape index (κ3) is 4.63. The molecule has 1 amide bonds. The molecular weight excluding hydrogens is 472 g/mol. The number of rotatable bonds is 6. The van der Waals surface area contributed by atoms with Crippen LogP contribution in [0.1, 0.15) is 16.8 Å². The molecule has 0 saturated carbocycles. The fourth-order valence-corrected chi connectivity index (χ4v) is 4.00. The Balaban J connectivity index is 1.35. The summed E-state index contributed by atoms with van der Waals surface area (Å²) < 4.78 is 17.5. The minimum atomic E-state index is -0.382. The van der Waals surface area contributed by atoms with Gasteiger partial charge in [-0.2, -0.15) is 4.98 Å². The van der Waals surface area contributed by atoms with Crippen LogP contribution in [0.5, 0.6) is 11.5 Å². The lowest BCUT2D eigenvalue weighted by Gasteiger charge is -2.13. The second-order valence-corrected chi connectivity index (χ2v) is 8.57. The fraction of sp³-hybridized carbons (Fsp3) is 0.200. The molecule has 0 atom stereocenters. The van der Waals surface area contributed by atoms with E-state index in [0.29, 0.717) is 39.2 Å². The zero-order chi connectivity index (χ0) is 24.5. The zero-order valence-electron chi connectivity index (χ0n) is 19.0. The SMILES string of the molecule is Cc1cc(C)n(CC(=O)NCc2ccc3c(c2)OCO3)c(=O)c1-c1nc(-c2ccc(Cl)cc2)no1. The highest BCUT2D eigenvalue weighted by Gasteiger charge is 2.20. The van der Waals surface area contributed by atoms with Gasteiger partial charge in [0.25, 0.3) is 11.4 Å². The molecule has 4 aromatic rings. The van der Waals surface area contributed by atoms with Gasteiger partial charge in [0.1, 0.15) is 12.1 Å². The maximum atomic E-state index is 13.3. The van der Waals surface area contributed by atoms with E-state index in [1.807, 2.05) is 18.2 Å². The highest BCUT2D eigenvalue weighted by Crippen LogP contribution is 2.32. The van der Waals surface area contributed by atoms with Crippen LogP contribution < -0.4 is 20.3 Å².